The van der Waals surface area contributed by atoms with Crippen LogP contribution in [0, 0.1) is 26.2 Å². The predicted molar refractivity (Wildman–Crippen MR) is 75.0 cm³/mol. The van der Waals surface area contributed by atoms with Crippen LogP contribution in [0.15, 0.2) is 18.2 Å². The van der Waals surface area contributed by atoms with Gasteiger partial charge in [-0.3, -0.25) is 0 Å². The van der Waals surface area contributed by atoms with Crippen molar-refractivity contribution in [3.63, 3.8) is 0 Å². The van der Waals surface area contributed by atoms with Crippen molar-refractivity contribution in [3.05, 3.63) is 34.9 Å². The molecule has 1 rings (SSSR count). The lowest BCUT2D eigenvalue weighted by Gasteiger charge is -2.22. The molecule has 17 heavy (non-hydrogen) atoms. The molecule has 2 atom stereocenters. The summed E-state index contributed by atoms with van der Waals surface area (Å²) in [4.78, 5) is 0. The van der Waals surface area contributed by atoms with E-state index in [0.29, 0.717) is 12.1 Å². The van der Waals surface area contributed by atoms with Gasteiger partial charge in [0.25, 0.3) is 0 Å². The van der Waals surface area contributed by atoms with E-state index in [-0.39, 0.29) is 0 Å². The van der Waals surface area contributed by atoms with E-state index in [9.17, 15) is 0 Å². The molecule has 0 bridgehead atoms. The third kappa shape index (κ3) is 3.91. The number of nitrogens with one attached hydrogen (secondary N) is 1. The summed E-state index contributed by atoms with van der Waals surface area (Å²) in [5.74, 6) is 2.74. The third-order valence-electron chi connectivity index (χ3n) is 3.23. The first-order valence-corrected chi connectivity index (χ1v) is 6.35. The third-order valence-corrected chi connectivity index (χ3v) is 3.23. The number of hydrogen-bond donors (Lipinski definition) is 1. The van der Waals surface area contributed by atoms with E-state index in [1.54, 1.807) is 0 Å². The van der Waals surface area contributed by atoms with Crippen LogP contribution in [0.2, 0.25) is 0 Å². The summed E-state index contributed by atoms with van der Waals surface area (Å²) in [6.07, 6.45) is 7.25. The molecule has 0 radical (unpaired) electrons. The van der Waals surface area contributed by atoms with E-state index in [1.165, 1.54) is 16.7 Å². The molecular weight excluding hydrogens is 206 g/mol. The summed E-state index contributed by atoms with van der Waals surface area (Å²) in [5.41, 5.74) is 4.03. The van der Waals surface area contributed by atoms with Crippen LogP contribution in [0.3, 0.4) is 0 Å². The zero-order valence-electron chi connectivity index (χ0n) is 11.4. The molecule has 0 heterocycles. The first-order valence-electron chi connectivity index (χ1n) is 6.35. The maximum Gasteiger partial charge on any atom is 0.0297 e. The van der Waals surface area contributed by atoms with E-state index >= 15 is 0 Å². The van der Waals surface area contributed by atoms with Gasteiger partial charge in [-0.1, -0.05) is 30.7 Å². The fourth-order valence-electron chi connectivity index (χ4n) is 2.22. The largest absolute Gasteiger partial charge is 0.306 e. The van der Waals surface area contributed by atoms with Crippen LogP contribution in [0.5, 0.6) is 0 Å². The predicted octanol–water partition coefficient (Wildman–Crippen LogP) is 3.76. The molecule has 1 aromatic carbocycles. The molecule has 0 aliphatic heterocycles. The summed E-state index contributed by atoms with van der Waals surface area (Å²) in [7, 11) is 0. The molecule has 0 spiro atoms. The highest BCUT2D eigenvalue weighted by atomic mass is 14.9. The molecule has 0 aliphatic carbocycles. The second-order valence-corrected chi connectivity index (χ2v) is 4.76. The summed E-state index contributed by atoms with van der Waals surface area (Å²) in [5, 5.41) is 3.60. The SMILES string of the molecule is C#CCC(CC)NC(C)c1ccc(C)cc1C. The summed E-state index contributed by atoms with van der Waals surface area (Å²) >= 11 is 0. The van der Waals surface area contributed by atoms with E-state index in [2.05, 4.69) is 57.1 Å². The van der Waals surface area contributed by atoms with Gasteiger partial charge in [0, 0.05) is 18.5 Å². The van der Waals surface area contributed by atoms with Crippen LogP contribution in [-0.2, 0) is 0 Å². The topological polar surface area (TPSA) is 12.0 Å². The van der Waals surface area contributed by atoms with Gasteiger partial charge in [-0.15, -0.1) is 12.3 Å². The van der Waals surface area contributed by atoms with E-state index in [4.69, 9.17) is 6.42 Å². The Morgan fingerprint density at radius 2 is 2.06 bits per heavy atom. The normalized spacial score (nSPS) is 14.1. The summed E-state index contributed by atoms with van der Waals surface area (Å²) in [6.45, 7) is 8.67. The van der Waals surface area contributed by atoms with Crippen LogP contribution in [0.1, 0.15) is 49.4 Å². The molecule has 1 aromatic rings. The zero-order chi connectivity index (χ0) is 12.8. The van der Waals surface area contributed by atoms with E-state index < -0.39 is 0 Å². The van der Waals surface area contributed by atoms with Crippen molar-refractivity contribution in [2.75, 3.05) is 0 Å². The van der Waals surface area contributed by atoms with Crippen LogP contribution >= 0.6 is 0 Å². The Labute approximate surface area is 106 Å². The van der Waals surface area contributed by atoms with Crippen molar-refractivity contribution in [1.82, 2.24) is 5.32 Å². The Kier molecular flexibility index (Phi) is 5.25. The molecule has 2 unspecified atom stereocenters. The maximum absolute atomic E-state index is 5.38. The van der Waals surface area contributed by atoms with Crippen molar-refractivity contribution in [2.24, 2.45) is 0 Å². The highest BCUT2D eigenvalue weighted by Crippen LogP contribution is 2.19. The van der Waals surface area contributed by atoms with Gasteiger partial charge in [-0.25, -0.2) is 0 Å². The van der Waals surface area contributed by atoms with Gasteiger partial charge in [0.05, 0.1) is 0 Å². The van der Waals surface area contributed by atoms with Gasteiger partial charge >= 0.3 is 0 Å². The number of aryl methyl sites for hydroxylation is 2. The average molecular weight is 229 g/mol. The van der Waals surface area contributed by atoms with Gasteiger partial charge in [-0.2, -0.15) is 0 Å². The molecule has 0 saturated carbocycles. The molecule has 1 heteroatoms. The summed E-state index contributed by atoms with van der Waals surface area (Å²) in [6, 6.07) is 7.38. The lowest BCUT2D eigenvalue weighted by atomic mass is 9.99. The molecule has 0 aliphatic rings. The van der Waals surface area contributed by atoms with Crippen molar-refractivity contribution < 1.29 is 0 Å². The molecule has 0 amide bonds. The van der Waals surface area contributed by atoms with E-state index in [0.717, 1.165) is 12.8 Å². The van der Waals surface area contributed by atoms with Gasteiger partial charge in [0.2, 0.25) is 0 Å². The Balaban J connectivity index is 2.75. The first-order chi connectivity index (χ1) is 8.08. The van der Waals surface area contributed by atoms with E-state index in [1.807, 2.05) is 0 Å². The van der Waals surface area contributed by atoms with Gasteiger partial charge in [-0.05, 0) is 38.3 Å². The van der Waals surface area contributed by atoms with Gasteiger partial charge in [0.1, 0.15) is 0 Å². The Bertz CT molecular complexity index is 400. The van der Waals surface area contributed by atoms with Gasteiger partial charge < -0.3 is 5.32 Å². The number of benzene rings is 1. The number of hydrogen-bond acceptors (Lipinski definition) is 1. The van der Waals surface area contributed by atoms with Gasteiger partial charge in [0.15, 0.2) is 0 Å². The second-order valence-electron chi connectivity index (χ2n) is 4.76. The van der Waals surface area contributed by atoms with Crippen LogP contribution in [0.4, 0.5) is 0 Å². The molecular formula is C16H23N. The highest BCUT2D eigenvalue weighted by molar-refractivity contribution is 5.32. The number of rotatable bonds is 5. The Morgan fingerprint density at radius 3 is 2.59 bits per heavy atom. The quantitative estimate of drug-likeness (QED) is 0.758. The molecule has 1 N–H and O–H groups in total. The van der Waals surface area contributed by atoms with Crippen molar-refractivity contribution in [1.29, 1.82) is 0 Å². The standard InChI is InChI=1S/C16H23N/c1-6-8-15(7-2)17-14(5)16-10-9-12(3)11-13(16)4/h1,9-11,14-15,17H,7-8H2,2-5H3. The second kappa shape index (κ2) is 6.47. The molecule has 92 valence electrons. The maximum atomic E-state index is 5.38. The van der Waals surface area contributed by atoms with Crippen molar-refractivity contribution in [3.8, 4) is 12.3 Å². The zero-order valence-corrected chi connectivity index (χ0v) is 11.4. The molecule has 1 nitrogen and oxygen atoms in total. The molecule has 0 aromatic heterocycles. The lowest BCUT2D eigenvalue weighted by molar-refractivity contribution is 0.448. The lowest BCUT2D eigenvalue weighted by Crippen LogP contribution is -2.31. The fourth-order valence-corrected chi connectivity index (χ4v) is 2.22. The highest BCUT2D eigenvalue weighted by Gasteiger charge is 2.12. The van der Waals surface area contributed by atoms with Crippen molar-refractivity contribution >= 4 is 0 Å². The number of terminal acetylenes is 1. The Morgan fingerprint density at radius 1 is 1.35 bits per heavy atom. The minimum atomic E-state index is 0.355. The smallest absolute Gasteiger partial charge is 0.0297 e. The fraction of sp³-hybridized carbons (Fsp3) is 0.500. The molecule has 0 saturated heterocycles. The van der Waals surface area contributed by atoms with Crippen LogP contribution in [0.25, 0.3) is 0 Å². The minimum Gasteiger partial charge on any atom is -0.306 e. The van der Waals surface area contributed by atoms with Crippen LogP contribution < -0.4 is 5.32 Å². The minimum absolute atomic E-state index is 0.355. The van der Waals surface area contributed by atoms with Crippen LogP contribution in [-0.4, -0.2) is 6.04 Å². The summed E-state index contributed by atoms with van der Waals surface area (Å²) < 4.78 is 0. The monoisotopic (exact) mass is 229 g/mol. The first kappa shape index (κ1) is 13.8. The van der Waals surface area contributed by atoms with Crippen molar-refractivity contribution in [2.45, 2.75) is 52.6 Å². The average Bonchev–Trinajstić information content (AvgIpc) is 2.28. The Hall–Kier alpha value is -1.26. The molecule has 0 fully saturated rings.